The summed E-state index contributed by atoms with van der Waals surface area (Å²) in [6.07, 6.45) is 3.37. The lowest BCUT2D eigenvalue weighted by molar-refractivity contribution is 0.184. The van der Waals surface area contributed by atoms with E-state index in [1.165, 1.54) is 34.4 Å². The Morgan fingerprint density at radius 1 is 1.20 bits per heavy atom. The van der Waals surface area contributed by atoms with E-state index in [0.717, 1.165) is 0 Å². The first-order chi connectivity index (χ1) is 9.42. The number of hydrogen-bond acceptors (Lipinski definition) is 3. The summed E-state index contributed by atoms with van der Waals surface area (Å²) in [5.74, 6) is 1.20. The lowest BCUT2D eigenvalue weighted by atomic mass is 9.92. The minimum absolute atomic E-state index is 0.312. The fraction of sp³-hybridized carbons (Fsp3) is 0.647. The lowest BCUT2D eigenvalue weighted by Crippen LogP contribution is -2.38. The lowest BCUT2D eigenvalue weighted by Gasteiger charge is -2.34. The van der Waals surface area contributed by atoms with Gasteiger partial charge in [-0.05, 0) is 69.9 Å². The molecule has 2 nitrogen and oxygen atoms in total. The second-order valence-corrected chi connectivity index (χ2v) is 6.85. The van der Waals surface area contributed by atoms with Gasteiger partial charge in [-0.15, -0.1) is 0 Å². The standard InChI is InChI=1S/C17H30N2S/c1-12-9-13(2)17(14(3)10-12)16(11-18)19(5)15(4)7-8-20-6/h9-10,15-16H,7-8,11,18H2,1-6H3. The highest BCUT2D eigenvalue weighted by Crippen LogP contribution is 2.28. The van der Waals surface area contributed by atoms with Gasteiger partial charge in [0, 0.05) is 18.6 Å². The van der Waals surface area contributed by atoms with E-state index in [0.29, 0.717) is 18.6 Å². The second-order valence-electron chi connectivity index (χ2n) is 5.86. The van der Waals surface area contributed by atoms with Crippen LogP contribution in [-0.4, -0.2) is 36.5 Å². The molecule has 0 bridgehead atoms. The van der Waals surface area contributed by atoms with Crippen LogP contribution in [0.15, 0.2) is 12.1 Å². The van der Waals surface area contributed by atoms with E-state index in [-0.39, 0.29) is 0 Å². The average molecular weight is 295 g/mol. The predicted molar refractivity (Wildman–Crippen MR) is 92.7 cm³/mol. The SMILES string of the molecule is CSCCC(C)N(C)C(CN)c1c(C)cc(C)cc1C. The van der Waals surface area contributed by atoms with E-state index >= 15 is 0 Å². The van der Waals surface area contributed by atoms with Gasteiger partial charge in [-0.2, -0.15) is 11.8 Å². The van der Waals surface area contributed by atoms with Gasteiger partial charge in [0.2, 0.25) is 0 Å². The fourth-order valence-corrected chi connectivity index (χ4v) is 3.58. The first-order valence-corrected chi connectivity index (χ1v) is 8.80. The third-order valence-electron chi connectivity index (χ3n) is 4.22. The molecule has 0 saturated carbocycles. The van der Waals surface area contributed by atoms with Crippen molar-refractivity contribution in [2.75, 3.05) is 25.6 Å². The van der Waals surface area contributed by atoms with Crippen molar-refractivity contribution in [1.29, 1.82) is 0 Å². The molecule has 0 aromatic heterocycles. The molecule has 0 heterocycles. The number of rotatable bonds is 7. The summed E-state index contributed by atoms with van der Waals surface area (Å²) < 4.78 is 0. The van der Waals surface area contributed by atoms with E-state index in [4.69, 9.17) is 5.73 Å². The molecule has 3 heteroatoms. The van der Waals surface area contributed by atoms with Gasteiger partial charge in [-0.1, -0.05) is 17.7 Å². The summed E-state index contributed by atoms with van der Waals surface area (Å²) in [4.78, 5) is 2.45. The van der Waals surface area contributed by atoms with Crippen LogP contribution < -0.4 is 5.73 Å². The van der Waals surface area contributed by atoms with Crippen LogP contribution in [-0.2, 0) is 0 Å². The molecule has 0 saturated heterocycles. The molecular formula is C17H30N2S. The van der Waals surface area contributed by atoms with Crippen LogP contribution in [0.1, 0.15) is 41.6 Å². The molecule has 0 spiro atoms. The van der Waals surface area contributed by atoms with Crippen LogP contribution >= 0.6 is 11.8 Å². The van der Waals surface area contributed by atoms with Crippen LogP contribution in [0.25, 0.3) is 0 Å². The Hall–Kier alpha value is -0.510. The first kappa shape index (κ1) is 17.5. The van der Waals surface area contributed by atoms with Gasteiger partial charge in [-0.3, -0.25) is 4.90 Å². The zero-order valence-corrected chi connectivity index (χ0v) is 14.7. The third-order valence-corrected chi connectivity index (χ3v) is 4.87. The Labute approximate surface area is 129 Å². The molecule has 0 aliphatic rings. The second kappa shape index (κ2) is 8.06. The molecule has 0 fully saturated rings. The Morgan fingerprint density at radius 2 is 1.75 bits per heavy atom. The fourth-order valence-electron chi connectivity index (χ4n) is 3.00. The van der Waals surface area contributed by atoms with Gasteiger partial charge in [-0.25, -0.2) is 0 Å². The van der Waals surface area contributed by atoms with E-state index in [9.17, 15) is 0 Å². The van der Waals surface area contributed by atoms with Gasteiger partial charge < -0.3 is 5.73 Å². The van der Waals surface area contributed by atoms with Crippen LogP contribution in [0, 0.1) is 20.8 Å². The highest BCUT2D eigenvalue weighted by Gasteiger charge is 2.23. The molecule has 2 unspecified atom stereocenters. The minimum Gasteiger partial charge on any atom is -0.329 e. The van der Waals surface area contributed by atoms with Gasteiger partial charge in [0.1, 0.15) is 0 Å². The molecule has 1 aromatic carbocycles. The molecule has 1 aromatic rings. The molecule has 2 N–H and O–H groups in total. The van der Waals surface area contributed by atoms with E-state index in [1.807, 2.05) is 11.8 Å². The monoisotopic (exact) mass is 294 g/mol. The molecule has 20 heavy (non-hydrogen) atoms. The largest absolute Gasteiger partial charge is 0.329 e. The van der Waals surface area contributed by atoms with Gasteiger partial charge in [0.05, 0.1) is 0 Å². The number of aryl methyl sites for hydroxylation is 3. The van der Waals surface area contributed by atoms with Gasteiger partial charge in [0.15, 0.2) is 0 Å². The first-order valence-electron chi connectivity index (χ1n) is 7.41. The molecule has 1 rings (SSSR count). The maximum Gasteiger partial charge on any atom is 0.0475 e. The van der Waals surface area contributed by atoms with Crippen molar-refractivity contribution in [3.63, 3.8) is 0 Å². The van der Waals surface area contributed by atoms with Gasteiger partial charge >= 0.3 is 0 Å². The highest BCUT2D eigenvalue weighted by molar-refractivity contribution is 7.98. The van der Waals surface area contributed by atoms with Crippen LogP contribution in [0.2, 0.25) is 0 Å². The number of nitrogens with two attached hydrogens (primary N) is 1. The minimum atomic E-state index is 0.312. The van der Waals surface area contributed by atoms with Crippen molar-refractivity contribution in [1.82, 2.24) is 4.90 Å². The third kappa shape index (κ3) is 4.24. The summed E-state index contributed by atoms with van der Waals surface area (Å²) in [6, 6.07) is 5.40. The molecule has 0 aliphatic carbocycles. The Morgan fingerprint density at radius 3 is 2.20 bits per heavy atom. The van der Waals surface area contributed by atoms with Crippen molar-refractivity contribution in [3.8, 4) is 0 Å². The maximum atomic E-state index is 6.10. The average Bonchev–Trinajstić information content (AvgIpc) is 2.39. The molecule has 2 atom stereocenters. The summed E-state index contributed by atoms with van der Waals surface area (Å²) in [5, 5.41) is 0. The topological polar surface area (TPSA) is 29.3 Å². The quantitative estimate of drug-likeness (QED) is 0.831. The number of hydrogen-bond donors (Lipinski definition) is 1. The molecular weight excluding hydrogens is 264 g/mol. The van der Waals surface area contributed by atoms with Gasteiger partial charge in [0.25, 0.3) is 0 Å². The van der Waals surface area contributed by atoms with Crippen LogP contribution in [0.4, 0.5) is 0 Å². The summed E-state index contributed by atoms with van der Waals surface area (Å²) in [7, 11) is 2.21. The zero-order valence-electron chi connectivity index (χ0n) is 13.9. The normalized spacial score (nSPS) is 14.6. The summed E-state index contributed by atoms with van der Waals surface area (Å²) in [6.45, 7) is 9.55. The Bertz CT molecular complexity index is 408. The summed E-state index contributed by atoms with van der Waals surface area (Å²) >= 11 is 1.91. The van der Waals surface area contributed by atoms with Crippen molar-refractivity contribution in [2.45, 2.75) is 46.2 Å². The number of thioether (sulfide) groups is 1. The number of nitrogens with zero attached hydrogens (tertiary/aromatic N) is 1. The predicted octanol–water partition coefficient (Wildman–Crippen LogP) is 3.69. The van der Waals surface area contributed by atoms with E-state index in [2.05, 4.69) is 58.0 Å². The molecule has 0 amide bonds. The number of likely N-dealkylation sites (N-methyl/N-ethyl adjacent to an activating group) is 1. The zero-order chi connectivity index (χ0) is 15.3. The van der Waals surface area contributed by atoms with Crippen LogP contribution in [0.5, 0.6) is 0 Å². The van der Waals surface area contributed by atoms with E-state index < -0.39 is 0 Å². The van der Waals surface area contributed by atoms with Crippen molar-refractivity contribution in [2.24, 2.45) is 5.73 Å². The Balaban J connectivity index is 3.01. The molecule has 0 radical (unpaired) electrons. The van der Waals surface area contributed by atoms with E-state index in [1.54, 1.807) is 0 Å². The smallest absolute Gasteiger partial charge is 0.0475 e. The molecule has 0 aliphatic heterocycles. The van der Waals surface area contributed by atoms with Crippen molar-refractivity contribution in [3.05, 3.63) is 34.4 Å². The van der Waals surface area contributed by atoms with Crippen LogP contribution in [0.3, 0.4) is 0 Å². The van der Waals surface area contributed by atoms with Crippen molar-refractivity contribution >= 4 is 11.8 Å². The number of benzene rings is 1. The molecule has 114 valence electrons. The van der Waals surface area contributed by atoms with Crippen molar-refractivity contribution < 1.29 is 0 Å². The maximum absolute atomic E-state index is 6.10. The Kier molecular flexibility index (Phi) is 7.07. The highest BCUT2D eigenvalue weighted by atomic mass is 32.2. The summed E-state index contributed by atoms with van der Waals surface area (Å²) in [5.41, 5.74) is 11.6.